The second-order valence-corrected chi connectivity index (χ2v) is 12.2. The number of carbonyl (C=O) groups excluding carboxylic acids is 3. The maximum Gasteiger partial charge on any atom is 0.322 e. The van der Waals surface area contributed by atoms with Crippen LogP contribution in [0.15, 0.2) is 27.0 Å². The van der Waals surface area contributed by atoms with Gasteiger partial charge >= 0.3 is 11.1 Å². The Kier molecular flexibility index (Phi) is 9.50. The fourth-order valence-electron chi connectivity index (χ4n) is 4.22. The van der Waals surface area contributed by atoms with Crippen molar-refractivity contribution >= 4 is 81.1 Å². The number of carbonyl (C=O) groups is 4. The summed E-state index contributed by atoms with van der Waals surface area (Å²) >= 11 is 3.42. The molecule has 20 heteroatoms. The van der Waals surface area contributed by atoms with Crippen LogP contribution in [0, 0.1) is 6.92 Å². The number of thioether (sulfide) groups is 2. The van der Waals surface area contributed by atoms with Gasteiger partial charge in [0.1, 0.15) is 23.2 Å². The lowest BCUT2D eigenvalue weighted by Gasteiger charge is -2.50. The Morgan fingerprint density at radius 1 is 1.37 bits per heavy atom. The van der Waals surface area contributed by atoms with E-state index in [0.717, 1.165) is 28.0 Å². The summed E-state index contributed by atoms with van der Waals surface area (Å²) in [6.45, 7) is 3.20. The summed E-state index contributed by atoms with van der Waals surface area (Å²) in [4.78, 5) is 64.1. The average molecular weight is 653 g/mol. The van der Waals surface area contributed by atoms with E-state index in [2.05, 4.69) is 25.8 Å². The highest BCUT2D eigenvalue weighted by Crippen LogP contribution is 2.41. The number of β-lactam (4-membered cyclic amide) rings is 1. The number of nitrogen functional groups attached to an aromatic ring is 3. The number of carboxylic acid groups (broad SMARTS) is 2. The van der Waals surface area contributed by atoms with E-state index in [9.17, 15) is 24.3 Å². The second-order valence-electron chi connectivity index (χ2n) is 9.29. The summed E-state index contributed by atoms with van der Waals surface area (Å²) in [5, 5.41) is 31.6. The summed E-state index contributed by atoms with van der Waals surface area (Å²) < 4.78 is 1.30. The van der Waals surface area contributed by atoms with Crippen LogP contribution in [-0.4, -0.2) is 85.5 Å². The number of anilines is 3. The summed E-state index contributed by atoms with van der Waals surface area (Å²) in [6, 6.07) is -1.10. The molecule has 230 valence electrons. The maximum atomic E-state index is 13.2. The van der Waals surface area contributed by atoms with Crippen LogP contribution >= 0.6 is 34.9 Å². The van der Waals surface area contributed by atoms with E-state index in [0.29, 0.717) is 22.1 Å². The van der Waals surface area contributed by atoms with Crippen molar-refractivity contribution in [3.05, 3.63) is 27.9 Å². The minimum Gasteiger partial charge on any atom is -0.543 e. The van der Waals surface area contributed by atoms with Gasteiger partial charge in [0.05, 0.1) is 23.7 Å². The molecule has 0 aliphatic carbocycles. The van der Waals surface area contributed by atoms with Crippen molar-refractivity contribution in [1.29, 1.82) is 0 Å². The summed E-state index contributed by atoms with van der Waals surface area (Å²) in [5.74, 6) is 3.07. The van der Waals surface area contributed by atoms with E-state index < -0.39 is 41.3 Å². The first-order chi connectivity index (χ1) is 20.3. The van der Waals surface area contributed by atoms with Gasteiger partial charge in [-0.25, -0.2) is 4.98 Å². The lowest BCUT2D eigenvalue weighted by atomic mass is 10.0. The monoisotopic (exact) mass is 652 g/mol. The van der Waals surface area contributed by atoms with Crippen molar-refractivity contribution in [2.24, 2.45) is 5.16 Å². The van der Waals surface area contributed by atoms with Gasteiger partial charge < -0.3 is 41.9 Å². The molecule has 0 aromatic carbocycles. The van der Waals surface area contributed by atoms with Gasteiger partial charge in [0.15, 0.2) is 10.8 Å². The Hall–Kier alpha value is -4.30. The van der Waals surface area contributed by atoms with Gasteiger partial charge in [-0.3, -0.25) is 25.1 Å². The van der Waals surface area contributed by atoms with Gasteiger partial charge in [-0.2, -0.15) is 0 Å². The molecule has 1 fully saturated rings. The Morgan fingerprint density at radius 3 is 2.70 bits per heavy atom. The Balaban J connectivity index is 1.52. The Labute approximate surface area is 256 Å². The largest absolute Gasteiger partial charge is 0.543 e. The molecule has 0 saturated carbocycles. The maximum absolute atomic E-state index is 13.2. The first-order valence-electron chi connectivity index (χ1n) is 12.5. The van der Waals surface area contributed by atoms with E-state index >= 15 is 0 Å². The van der Waals surface area contributed by atoms with Crippen molar-refractivity contribution in [3.63, 3.8) is 0 Å². The van der Waals surface area contributed by atoms with Gasteiger partial charge in [0.25, 0.3) is 17.6 Å². The van der Waals surface area contributed by atoms with E-state index in [4.69, 9.17) is 27.3 Å². The van der Waals surface area contributed by atoms with Crippen molar-refractivity contribution < 1.29 is 38.9 Å². The Bertz CT molecular complexity index is 1550. The van der Waals surface area contributed by atoms with Crippen molar-refractivity contribution in [1.82, 2.24) is 20.2 Å². The molecule has 9 N–H and O–H groups in total. The third kappa shape index (κ3) is 6.54. The van der Waals surface area contributed by atoms with Crippen LogP contribution in [0.4, 0.5) is 16.8 Å². The van der Waals surface area contributed by atoms with Gasteiger partial charge in [-0.05, 0) is 31.2 Å². The van der Waals surface area contributed by atoms with E-state index in [1.54, 1.807) is 14.0 Å². The SMILES string of the molecule is CNc1c(C)c(N)nc(SCC2=C(C(=O)[O-])N3C(=O)C(NC(=O)/C(=N\OC(C)CC(=O)O)c4csc(N)n4)[C@H]3SC2)[n+]1N. The first kappa shape index (κ1) is 31.6. The summed E-state index contributed by atoms with van der Waals surface area (Å²) in [7, 11) is 1.67. The molecule has 17 nitrogen and oxygen atoms in total. The molecule has 2 aromatic heterocycles. The zero-order chi connectivity index (χ0) is 31.6. The van der Waals surface area contributed by atoms with Crippen LogP contribution in [0.3, 0.4) is 0 Å². The number of thiazole rings is 1. The normalized spacial score (nSPS) is 18.9. The molecule has 1 saturated heterocycles. The first-order valence-corrected chi connectivity index (χ1v) is 15.4. The zero-order valence-electron chi connectivity index (χ0n) is 23.0. The van der Waals surface area contributed by atoms with E-state index in [1.165, 1.54) is 28.7 Å². The molecule has 0 bridgehead atoms. The number of rotatable bonds is 12. The zero-order valence-corrected chi connectivity index (χ0v) is 25.5. The van der Waals surface area contributed by atoms with Crippen LogP contribution in [0.5, 0.6) is 0 Å². The number of hydrogen-bond donors (Lipinski definition) is 6. The third-order valence-electron chi connectivity index (χ3n) is 6.31. The van der Waals surface area contributed by atoms with Gasteiger partial charge in [-0.1, -0.05) is 10.1 Å². The second kappa shape index (κ2) is 12.9. The fraction of sp³-hybridized carbons (Fsp3) is 0.391. The minimum atomic E-state index is -1.55. The topological polar surface area (TPSA) is 268 Å². The molecule has 0 spiro atoms. The van der Waals surface area contributed by atoms with Crippen LogP contribution in [0.2, 0.25) is 0 Å². The third-order valence-corrected chi connectivity index (χ3v) is 9.36. The van der Waals surface area contributed by atoms with Crippen molar-refractivity contribution in [2.45, 2.75) is 42.9 Å². The highest BCUT2D eigenvalue weighted by Gasteiger charge is 2.53. The number of hydrogen-bond acceptors (Lipinski definition) is 16. The molecule has 4 heterocycles. The summed E-state index contributed by atoms with van der Waals surface area (Å²) in [6.07, 6.45) is -1.25. The molecule has 2 amide bonds. The highest BCUT2D eigenvalue weighted by molar-refractivity contribution is 8.01. The number of nitrogens with two attached hydrogens (primary N) is 3. The summed E-state index contributed by atoms with van der Waals surface area (Å²) in [5.41, 5.74) is 12.2. The fourth-order valence-corrected chi connectivity index (χ4v) is 7.18. The number of carboxylic acids is 2. The molecule has 4 rings (SSSR count). The number of nitrogens with zero attached hydrogens (tertiary/aromatic N) is 5. The standard InChI is InChI=1S/C23H28N10O7S3/c1-8(4-12(34)35)40-31-13(11-7-42-22(25)28-11)18(36)29-14-19(37)32-15(21(38)39)10(5-41-20(14)32)6-43-23-30-16(24)9(2)17(27-3)33(23)26/h7-8,14,20H,4-6,26H2,1-3H3,(H7,24,25,27,28,29,34,35,36,38,39)/b31-13-/t8?,14?,20-/m1/s1. The molecular weight excluding hydrogens is 625 g/mol. The van der Waals surface area contributed by atoms with Gasteiger partial charge in [0.2, 0.25) is 5.82 Å². The molecule has 3 atom stereocenters. The Morgan fingerprint density at radius 2 is 2.09 bits per heavy atom. The van der Waals surface area contributed by atoms with Crippen molar-refractivity contribution in [2.75, 3.05) is 41.2 Å². The van der Waals surface area contributed by atoms with Gasteiger partial charge in [-0.15, -0.1) is 27.8 Å². The number of aliphatic carboxylic acids is 2. The van der Waals surface area contributed by atoms with E-state index in [-0.39, 0.29) is 46.0 Å². The lowest BCUT2D eigenvalue weighted by Crippen LogP contribution is -2.71. The number of amides is 2. The van der Waals surface area contributed by atoms with Crippen LogP contribution < -0.4 is 37.7 Å². The molecule has 2 aliphatic heterocycles. The molecule has 43 heavy (non-hydrogen) atoms. The van der Waals surface area contributed by atoms with Crippen LogP contribution in [0.1, 0.15) is 24.6 Å². The number of aromatic nitrogens is 3. The molecule has 2 unspecified atom stereocenters. The smallest absolute Gasteiger partial charge is 0.322 e. The average Bonchev–Trinajstić information content (AvgIpc) is 3.37. The molecule has 2 aromatic rings. The molecule has 2 aliphatic rings. The van der Waals surface area contributed by atoms with E-state index in [1.807, 2.05) is 0 Å². The predicted molar refractivity (Wildman–Crippen MR) is 157 cm³/mol. The predicted octanol–water partition coefficient (Wildman–Crippen LogP) is -2.17. The van der Waals surface area contributed by atoms with Gasteiger partial charge in [0, 0.05) is 23.9 Å². The molecular formula is C23H28N10O7S3. The highest BCUT2D eigenvalue weighted by atomic mass is 32.2. The number of nitrogens with one attached hydrogen (secondary N) is 2. The van der Waals surface area contributed by atoms with Crippen molar-refractivity contribution in [3.8, 4) is 0 Å². The van der Waals surface area contributed by atoms with Crippen LogP contribution in [-0.2, 0) is 24.0 Å². The van der Waals surface area contributed by atoms with Crippen LogP contribution in [0.25, 0.3) is 0 Å². The quantitative estimate of drug-likeness (QED) is 0.0271. The number of oxime groups is 1. The minimum absolute atomic E-state index is 0.0565. The number of fused-ring (bicyclic) bond motifs is 1. The molecule has 0 radical (unpaired) electrons. The lowest BCUT2D eigenvalue weighted by molar-refractivity contribution is -0.668.